The Hall–Kier alpha value is -0.740. The number of hydrogen-bond donors (Lipinski definition) is 2. The minimum atomic E-state index is -0.0158. The first kappa shape index (κ1) is 10.8. The predicted molar refractivity (Wildman–Crippen MR) is 62.3 cm³/mol. The zero-order valence-electron chi connectivity index (χ0n) is 8.59. The third-order valence-corrected chi connectivity index (χ3v) is 3.71. The fraction of sp³-hybridized carbons (Fsp3) is 0.455. The number of nitrogens with two attached hydrogens (primary N) is 1. The molecule has 0 saturated heterocycles. The van der Waals surface area contributed by atoms with E-state index in [4.69, 9.17) is 10.5 Å². The molecule has 0 spiro atoms. The molecule has 1 aliphatic carbocycles. The first-order chi connectivity index (χ1) is 7.13. The molecule has 1 aromatic carbocycles. The number of phenolic OH excluding ortho intramolecular Hbond substituents is 1. The standard InChI is InChI=1S/C11H14BrNO2/c1-15-10-4-7(9(14)5-8(10)12)11(6-13)2-3-11/h4-5,14H,2-3,6,13H2,1H3. The maximum atomic E-state index is 9.88. The molecule has 4 heteroatoms. The van der Waals surface area contributed by atoms with Crippen LogP contribution < -0.4 is 10.5 Å². The van der Waals surface area contributed by atoms with Crippen LogP contribution in [0.15, 0.2) is 16.6 Å². The number of aromatic hydroxyl groups is 1. The van der Waals surface area contributed by atoms with Gasteiger partial charge in [-0.25, -0.2) is 0 Å². The fourth-order valence-electron chi connectivity index (χ4n) is 1.86. The summed E-state index contributed by atoms with van der Waals surface area (Å²) in [5, 5.41) is 9.88. The van der Waals surface area contributed by atoms with Gasteiger partial charge in [0.15, 0.2) is 0 Å². The van der Waals surface area contributed by atoms with Gasteiger partial charge < -0.3 is 15.6 Å². The van der Waals surface area contributed by atoms with E-state index in [1.807, 2.05) is 6.07 Å². The Morgan fingerprint density at radius 2 is 2.20 bits per heavy atom. The molecule has 3 nitrogen and oxygen atoms in total. The highest BCUT2D eigenvalue weighted by atomic mass is 79.9. The van der Waals surface area contributed by atoms with Crippen LogP contribution in [0.2, 0.25) is 0 Å². The Morgan fingerprint density at radius 1 is 1.53 bits per heavy atom. The zero-order chi connectivity index (χ0) is 11.1. The molecule has 0 aromatic heterocycles. The van der Waals surface area contributed by atoms with E-state index in [1.165, 1.54) is 0 Å². The third kappa shape index (κ3) is 1.72. The monoisotopic (exact) mass is 271 g/mol. The van der Waals surface area contributed by atoms with E-state index in [2.05, 4.69) is 15.9 Å². The Kier molecular flexibility index (Phi) is 2.64. The highest BCUT2D eigenvalue weighted by Gasteiger charge is 2.45. The van der Waals surface area contributed by atoms with Gasteiger partial charge in [0, 0.05) is 17.5 Å². The molecule has 1 fully saturated rings. The average molecular weight is 272 g/mol. The van der Waals surface area contributed by atoms with Gasteiger partial charge in [0.2, 0.25) is 0 Å². The van der Waals surface area contributed by atoms with Gasteiger partial charge in [-0.1, -0.05) is 0 Å². The van der Waals surface area contributed by atoms with Crippen LogP contribution in [0.5, 0.6) is 11.5 Å². The molecule has 0 radical (unpaired) electrons. The molecule has 15 heavy (non-hydrogen) atoms. The Morgan fingerprint density at radius 3 is 2.67 bits per heavy atom. The minimum Gasteiger partial charge on any atom is -0.508 e. The lowest BCUT2D eigenvalue weighted by molar-refractivity contribution is 0.406. The molecule has 1 saturated carbocycles. The van der Waals surface area contributed by atoms with Gasteiger partial charge in [0.1, 0.15) is 11.5 Å². The van der Waals surface area contributed by atoms with E-state index in [1.54, 1.807) is 13.2 Å². The van der Waals surface area contributed by atoms with Crippen molar-refractivity contribution < 1.29 is 9.84 Å². The summed E-state index contributed by atoms with van der Waals surface area (Å²) in [5.41, 5.74) is 6.63. The molecule has 0 atom stereocenters. The molecule has 0 unspecified atom stereocenters. The maximum absolute atomic E-state index is 9.88. The number of methoxy groups -OCH3 is 1. The van der Waals surface area contributed by atoms with Crippen LogP contribution in [0.25, 0.3) is 0 Å². The second-order valence-electron chi connectivity index (χ2n) is 3.99. The van der Waals surface area contributed by atoms with Crippen LogP contribution in [-0.2, 0) is 5.41 Å². The zero-order valence-corrected chi connectivity index (χ0v) is 10.2. The van der Waals surface area contributed by atoms with Crippen molar-refractivity contribution in [1.82, 2.24) is 0 Å². The lowest BCUT2D eigenvalue weighted by Crippen LogP contribution is -2.19. The molecular formula is C11H14BrNO2. The third-order valence-electron chi connectivity index (χ3n) is 3.09. The van der Waals surface area contributed by atoms with Crippen molar-refractivity contribution in [2.45, 2.75) is 18.3 Å². The Bertz CT molecular complexity index is 388. The SMILES string of the molecule is COc1cc(C2(CN)CC2)c(O)cc1Br. The molecule has 82 valence electrons. The number of phenols is 1. The van der Waals surface area contributed by atoms with Crippen LogP contribution in [0.4, 0.5) is 0 Å². The molecule has 0 amide bonds. The van der Waals surface area contributed by atoms with E-state index in [-0.39, 0.29) is 5.41 Å². The summed E-state index contributed by atoms with van der Waals surface area (Å²) < 4.78 is 5.97. The van der Waals surface area contributed by atoms with Gasteiger partial charge in [-0.3, -0.25) is 0 Å². The maximum Gasteiger partial charge on any atom is 0.133 e. The Labute approximate surface area is 97.4 Å². The van der Waals surface area contributed by atoms with Gasteiger partial charge >= 0.3 is 0 Å². The van der Waals surface area contributed by atoms with Crippen molar-refractivity contribution in [3.8, 4) is 11.5 Å². The van der Waals surface area contributed by atoms with E-state index in [9.17, 15) is 5.11 Å². The smallest absolute Gasteiger partial charge is 0.133 e. The lowest BCUT2D eigenvalue weighted by atomic mass is 9.95. The van der Waals surface area contributed by atoms with E-state index in [0.29, 0.717) is 12.3 Å². The van der Waals surface area contributed by atoms with Gasteiger partial charge in [-0.15, -0.1) is 0 Å². The minimum absolute atomic E-state index is 0.0158. The summed E-state index contributed by atoms with van der Waals surface area (Å²) in [6.07, 6.45) is 2.09. The quantitative estimate of drug-likeness (QED) is 0.886. The van der Waals surface area contributed by atoms with Crippen LogP contribution >= 0.6 is 15.9 Å². The van der Waals surface area contributed by atoms with E-state index >= 15 is 0 Å². The number of rotatable bonds is 3. The van der Waals surface area contributed by atoms with Crippen molar-refractivity contribution in [1.29, 1.82) is 0 Å². The summed E-state index contributed by atoms with van der Waals surface area (Å²) in [7, 11) is 1.61. The predicted octanol–water partition coefficient (Wildman–Crippen LogP) is 2.15. The second-order valence-corrected chi connectivity index (χ2v) is 4.84. The largest absolute Gasteiger partial charge is 0.508 e. The van der Waals surface area contributed by atoms with Crippen LogP contribution in [0.1, 0.15) is 18.4 Å². The molecule has 1 aromatic rings. The molecule has 1 aliphatic rings. The van der Waals surface area contributed by atoms with Crippen molar-refractivity contribution >= 4 is 15.9 Å². The number of halogens is 1. The summed E-state index contributed by atoms with van der Waals surface area (Å²) >= 11 is 3.33. The number of hydrogen-bond acceptors (Lipinski definition) is 3. The van der Waals surface area contributed by atoms with Crippen LogP contribution in [-0.4, -0.2) is 18.8 Å². The number of ether oxygens (including phenoxy) is 1. The fourth-order valence-corrected chi connectivity index (χ4v) is 2.35. The first-order valence-electron chi connectivity index (χ1n) is 4.90. The topological polar surface area (TPSA) is 55.5 Å². The van der Waals surface area contributed by atoms with Gasteiger partial charge in [-0.05, 0) is 40.9 Å². The van der Waals surface area contributed by atoms with Crippen LogP contribution in [0, 0.1) is 0 Å². The molecule has 0 heterocycles. The molecule has 0 aliphatic heterocycles. The molecule has 0 bridgehead atoms. The van der Waals surface area contributed by atoms with Crippen LogP contribution in [0.3, 0.4) is 0 Å². The second kappa shape index (κ2) is 3.68. The normalized spacial score (nSPS) is 17.5. The molecule has 2 rings (SSSR count). The van der Waals surface area contributed by atoms with Crippen molar-refractivity contribution in [2.24, 2.45) is 5.73 Å². The summed E-state index contributed by atoms with van der Waals surface area (Å²) in [4.78, 5) is 0. The van der Waals surface area contributed by atoms with Crippen molar-refractivity contribution in [3.63, 3.8) is 0 Å². The first-order valence-corrected chi connectivity index (χ1v) is 5.69. The average Bonchev–Trinajstić information content (AvgIpc) is 2.99. The summed E-state index contributed by atoms with van der Waals surface area (Å²) in [6, 6.07) is 3.54. The summed E-state index contributed by atoms with van der Waals surface area (Å²) in [5.74, 6) is 1.04. The van der Waals surface area contributed by atoms with Gasteiger partial charge in [0.05, 0.1) is 11.6 Å². The summed E-state index contributed by atoms with van der Waals surface area (Å²) in [6.45, 7) is 0.575. The highest BCUT2D eigenvalue weighted by Crippen LogP contribution is 2.52. The molecular weight excluding hydrogens is 258 g/mol. The van der Waals surface area contributed by atoms with Gasteiger partial charge in [0.25, 0.3) is 0 Å². The van der Waals surface area contributed by atoms with Crippen molar-refractivity contribution in [2.75, 3.05) is 13.7 Å². The highest BCUT2D eigenvalue weighted by molar-refractivity contribution is 9.10. The van der Waals surface area contributed by atoms with Gasteiger partial charge in [-0.2, -0.15) is 0 Å². The Balaban J connectivity index is 2.47. The van der Waals surface area contributed by atoms with E-state index < -0.39 is 0 Å². The number of benzene rings is 1. The molecule has 3 N–H and O–H groups in total. The van der Waals surface area contributed by atoms with Crippen molar-refractivity contribution in [3.05, 3.63) is 22.2 Å². The van der Waals surface area contributed by atoms with E-state index in [0.717, 1.165) is 28.6 Å². The lowest BCUT2D eigenvalue weighted by Gasteiger charge is -2.16.